The predicted molar refractivity (Wildman–Crippen MR) is 74.7 cm³/mol. The molecule has 0 aliphatic rings. The van der Waals surface area contributed by atoms with Gasteiger partial charge in [-0.05, 0) is 49.4 Å². The highest BCUT2D eigenvalue weighted by Crippen LogP contribution is 2.23. The molecule has 0 aromatic heterocycles. The Kier molecular flexibility index (Phi) is 6.10. The molecule has 0 aliphatic heterocycles. The van der Waals surface area contributed by atoms with Gasteiger partial charge in [0.15, 0.2) is 0 Å². The van der Waals surface area contributed by atoms with Gasteiger partial charge in [0.05, 0.1) is 0 Å². The van der Waals surface area contributed by atoms with Crippen molar-refractivity contribution in [3.8, 4) is 5.75 Å². The van der Waals surface area contributed by atoms with Crippen LogP contribution in [0.4, 0.5) is 0 Å². The van der Waals surface area contributed by atoms with E-state index in [1.165, 1.54) is 49.7 Å². The Hall–Kier alpha value is -0.980. The van der Waals surface area contributed by atoms with Gasteiger partial charge in [0.25, 0.3) is 0 Å². The van der Waals surface area contributed by atoms with E-state index in [-0.39, 0.29) is 0 Å². The Balaban J connectivity index is 2.34. The molecule has 0 fully saturated rings. The zero-order valence-corrected chi connectivity index (χ0v) is 11.6. The van der Waals surface area contributed by atoms with E-state index < -0.39 is 0 Å². The Labute approximate surface area is 106 Å². The van der Waals surface area contributed by atoms with E-state index in [1.807, 2.05) is 13.0 Å². The Morgan fingerprint density at radius 1 is 0.882 bits per heavy atom. The van der Waals surface area contributed by atoms with E-state index in [0.29, 0.717) is 5.75 Å². The van der Waals surface area contributed by atoms with Crippen molar-refractivity contribution in [1.82, 2.24) is 0 Å². The van der Waals surface area contributed by atoms with Crippen LogP contribution in [0.2, 0.25) is 0 Å². The summed E-state index contributed by atoms with van der Waals surface area (Å²) in [6.07, 6.45) is 8.84. The molecule has 0 spiro atoms. The number of phenols is 1. The molecule has 17 heavy (non-hydrogen) atoms. The summed E-state index contributed by atoms with van der Waals surface area (Å²) in [6.45, 7) is 6.40. The molecule has 0 amide bonds. The molecule has 1 aromatic carbocycles. The molecule has 1 heteroatoms. The second kappa shape index (κ2) is 7.37. The lowest BCUT2D eigenvalue weighted by molar-refractivity contribution is 0.465. The second-order valence-electron chi connectivity index (χ2n) is 5.08. The monoisotopic (exact) mass is 234 g/mol. The van der Waals surface area contributed by atoms with E-state index in [0.717, 1.165) is 12.0 Å². The Morgan fingerprint density at radius 3 is 2.18 bits per heavy atom. The molecule has 1 nitrogen and oxygen atoms in total. The Morgan fingerprint density at radius 2 is 1.47 bits per heavy atom. The lowest BCUT2D eigenvalue weighted by Gasteiger charge is -2.08. The van der Waals surface area contributed by atoms with Crippen LogP contribution in [0.5, 0.6) is 5.75 Å². The van der Waals surface area contributed by atoms with Gasteiger partial charge in [0.1, 0.15) is 5.75 Å². The fourth-order valence-corrected chi connectivity index (χ4v) is 2.16. The molecule has 1 N–H and O–H groups in total. The molecule has 0 saturated carbocycles. The lowest BCUT2D eigenvalue weighted by atomic mass is 10.00. The third-order valence-electron chi connectivity index (χ3n) is 3.49. The van der Waals surface area contributed by atoms with Crippen molar-refractivity contribution in [3.05, 3.63) is 28.8 Å². The van der Waals surface area contributed by atoms with Crippen LogP contribution in [0, 0.1) is 13.8 Å². The first-order valence-corrected chi connectivity index (χ1v) is 6.94. The van der Waals surface area contributed by atoms with Crippen molar-refractivity contribution < 1.29 is 5.11 Å². The van der Waals surface area contributed by atoms with Crippen LogP contribution < -0.4 is 0 Å². The topological polar surface area (TPSA) is 20.2 Å². The minimum Gasteiger partial charge on any atom is -0.508 e. The van der Waals surface area contributed by atoms with E-state index in [9.17, 15) is 5.11 Å². The van der Waals surface area contributed by atoms with Gasteiger partial charge < -0.3 is 5.11 Å². The van der Waals surface area contributed by atoms with Crippen LogP contribution >= 0.6 is 0 Å². The SMILES string of the molecule is CCCCCCCCc1cc(C)c(C)cc1O. The molecule has 0 heterocycles. The average molecular weight is 234 g/mol. The standard InChI is InChI=1S/C16H26O/c1-4-5-6-7-8-9-10-15-11-13(2)14(3)12-16(15)17/h11-12,17H,4-10H2,1-3H3. The van der Waals surface area contributed by atoms with Crippen molar-refractivity contribution >= 4 is 0 Å². The molecule has 0 radical (unpaired) electrons. The van der Waals surface area contributed by atoms with Gasteiger partial charge in [0.2, 0.25) is 0 Å². The zero-order valence-electron chi connectivity index (χ0n) is 11.6. The summed E-state index contributed by atoms with van der Waals surface area (Å²) >= 11 is 0. The maximum atomic E-state index is 9.86. The van der Waals surface area contributed by atoms with E-state index >= 15 is 0 Å². The minimum atomic E-state index is 0.474. The van der Waals surface area contributed by atoms with Gasteiger partial charge in [-0.3, -0.25) is 0 Å². The quantitative estimate of drug-likeness (QED) is 0.664. The molecule has 0 aliphatic carbocycles. The number of hydrogen-bond donors (Lipinski definition) is 1. The number of unbranched alkanes of at least 4 members (excludes halogenated alkanes) is 5. The highest BCUT2D eigenvalue weighted by Gasteiger charge is 2.03. The number of benzene rings is 1. The molecule has 0 saturated heterocycles. The predicted octanol–water partition coefficient (Wildman–Crippen LogP) is 4.91. The van der Waals surface area contributed by atoms with Crippen molar-refractivity contribution in [1.29, 1.82) is 0 Å². The van der Waals surface area contributed by atoms with Crippen LogP contribution in [0.1, 0.15) is 62.1 Å². The summed E-state index contributed by atoms with van der Waals surface area (Å²) in [5.74, 6) is 0.474. The molecule has 96 valence electrons. The van der Waals surface area contributed by atoms with Gasteiger partial charge in [-0.1, -0.05) is 45.1 Å². The summed E-state index contributed by atoms with van der Waals surface area (Å²) in [7, 11) is 0. The lowest BCUT2D eigenvalue weighted by Crippen LogP contribution is -1.90. The molecule has 0 atom stereocenters. The minimum absolute atomic E-state index is 0.474. The third kappa shape index (κ3) is 4.80. The van der Waals surface area contributed by atoms with Gasteiger partial charge in [0, 0.05) is 0 Å². The highest BCUT2D eigenvalue weighted by atomic mass is 16.3. The average Bonchev–Trinajstić information content (AvgIpc) is 2.30. The summed E-state index contributed by atoms with van der Waals surface area (Å²) in [6, 6.07) is 4.03. The van der Waals surface area contributed by atoms with Crippen LogP contribution in [0.15, 0.2) is 12.1 Å². The fourth-order valence-electron chi connectivity index (χ4n) is 2.16. The van der Waals surface area contributed by atoms with Gasteiger partial charge >= 0.3 is 0 Å². The Bertz CT molecular complexity index is 342. The first-order chi connectivity index (χ1) is 8.15. The normalized spacial score (nSPS) is 10.8. The molecular formula is C16H26O. The van der Waals surface area contributed by atoms with Crippen molar-refractivity contribution in [2.45, 2.75) is 65.7 Å². The van der Waals surface area contributed by atoms with Gasteiger partial charge in [-0.15, -0.1) is 0 Å². The summed E-state index contributed by atoms with van der Waals surface area (Å²) in [5, 5.41) is 9.86. The molecular weight excluding hydrogens is 208 g/mol. The fraction of sp³-hybridized carbons (Fsp3) is 0.625. The zero-order chi connectivity index (χ0) is 12.7. The number of phenolic OH excluding ortho intramolecular Hbond substituents is 1. The van der Waals surface area contributed by atoms with Crippen LogP contribution in [0.25, 0.3) is 0 Å². The molecule has 0 bridgehead atoms. The smallest absolute Gasteiger partial charge is 0.119 e. The summed E-state index contributed by atoms with van der Waals surface area (Å²) < 4.78 is 0. The van der Waals surface area contributed by atoms with Crippen LogP contribution in [0.3, 0.4) is 0 Å². The number of hydrogen-bond acceptors (Lipinski definition) is 1. The summed E-state index contributed by atoms with van der Waals surface area (Å²) in [4.78, 5) is 0. The number of rotatable bonds is 7. The molecule has 1 rings (SSSR count). The van der Waals surface area contributed by atoms with E-state index in [4.69, 9.17) is 0 Å². The first kappa shape index (κ1) is 14.1. The number of aryl methyl sites for hydroxylation is 3. The molecule has 0 unspecified atom stereocenters. The van der Waals surface area contributed by atoms with Crippen LogP contribution in [-0.2, 0) is 6.42 Å². The maximum absolute atomic E-state index is 9.86. The van der Waals surface area contributed by atoms with Gasteiger partial charge in [-0.2, -0.15) is 0 Å². The first-order valence-electron chi connectivity index (χ1n) is 6.94. The van der Waals surface area contributed by atoms with E-state index in [1.54, 1.807) is 0 Å². The third-order valence-corrected chi connectivity index (χ3v) is 3.49. The largest absolute Gasteiger partial charge is 0.508 e. The maximum Gasteiger partial charge on any atom is 0.119 e. The van der Waals surface area contributed by atoms with Gasteiger partial charge in [-0.25, -0.2) is 0 Å². The second-order valence-corrected chi connectivity index (χ2v) is 5.08. The molecule has 1 aromatic rings. The summed E-state index contributed by atoms with van der Waals surface area (Å²) in [5.41, 5.74) is 3.57. The van der Waals surface area contributed by atoms with Crippen LogP contribution in [-0.4, -0.2) is 5.11 Å². The van der Waals surface area contributed by atoms with Crippen molar-refractivity contribution in [2.24, 2.45) is 0 Å². The highest BCUT2D eigenvalue weighted by molar-refractivity contribution is 5.40. The number of aromatic hydroxyl groups is 1. The van der Waals surface area contributed by atoms with Crippen molar-refractivity contribution in [3.63, 3.8) is 0 Å². The van der Waals surface area contributed by atoms with E-state index in [2.05, 4.69) is 19.9 Å². The van der Waals surface area contributed by atoms with Crippen molar-refractivity contribution in [2.75, 3.05) is 0 Å².